The van der Waals surface area contributed by atoms with Crippen LogP contribution in [-0.4, -0.2) is 25.1 Å². The molecule has 1 N–H and O–H groups in total. The Morgan fingerprint density at radius 2 is 1.64 bits per heavy atom. The van der Waals surface area contributed by atoms with Crippen LogP contribution in [0.15, 0.2) is 51.4 Å². The predicted molar refractivity (Wildman–Crippen MR) is 134 cm³/mol. The molecular formula is C24H23BrCl2N4O2. The van der Waals surface area contributed by atoms with Crippen LogP contribution in [-0.2, 0) is 11.0 Å². The van der Waals surface area contributed by atoms with Crippen LogP contribution in [0.1, 0.15) is 46.1 Å². The van der Waals surface area contributed by atoms with Crippen molar-refractivity contribution in [3.63, 3.8) is 0 Å². The zero-order chi connectivity index (χ0) is 24.1. The molecule has 0 spiro atoms. The highest BCUT2D eigenvalue weighted by molar-refractivity contribution is 9.10. The highest BCUT2D eigenvalue weighted by Crippen LogP contribution is 2.42. The van der Waals surface area contributed by atoms with Gasteiger partial charge in [-0.15, -0.1) is 10.2 Å². The average Bonchev–Trinajstić information content (AvgIpc) is 3.33. The molecule has 0 amide bonds. The monoisotopic (exact) mass is 548 g/mol. The predicted octanol–water partition coefficient (Wildman–Crippen LogP) is 7.18. The summed E-state index contributed by atoms with van der Waals surface area (Å²) < 4.78 is 8.62. The van der Waals surface area contributed by atoms with Crippen LogP contribution < -0.4 is 0 Å². The fourth-order valence-electron chi connectivity index (χ4n) is 3.47. The van der Waals surface area contributed by atoms with E-state index in [4.69, 9.17) is 32.7 Å². The van der Waals surface area contributed by atoms with Crippen molar-refractivity contribution in [2.45, 2.75) is 45.6 Å². The van der Waals surface area contributed by atoms with Crippen LogP contribution in [0.25, 0.3) is 28.5 Å². The molecule has 6 nitrogen and oxygen atoms in total. The van der Waals surface area contributed by atoms with Crippen molar-refractivity contribution in [2.75, 3.05) is 0 Å². The maximum Gasteiger partial charge on any atom is 0.268 e. The van der Waals surface area contributed by atoms with Gasteiger partial charge in [0.05, 0.1) is 22.0 Å². The Hall–Kier alpha value is -2.19. The van der Waals surface area contributed by atoms with Gasteiger partial charge in [-0.1, -0.05) is 72.0 Å². The molecule has 0 bridgehead atoms. The summed E-state index contributed by atoms with van der Waals surface area (Å²) in [6, 6.07) is 12.9. The number of nitrogens with zero attached hydrogens (tertiary/aromatic N) is 4. The Morgan fingerprint density at radius 1 is 0.970 bits per heavy atom. The molecule has 2 aromatic carbocycles. The SMILES string of the molecule is CC(C)(C)c1nnc(-c2nn(-c3ccc(Cl)cc3Cl)c(-c3ccc(Br)cc3)c2C(C)(C)O)o1. The summed E-state index contributed by atoms with van der Waals surface area (Å²) in [5, 5.41) is 25.5. The Balaban J connectivity index is 2.08. The fraction of sp³-hybridized carbons (Fsp3) is 0.292. The molecule has 0 aliphatic rings. The van der Waals surface area contributed by atoms with Gasteiger partial charge in [0.15, 0.2) is 5.69 Å². The van der Waals surface area contributed by atoms with E-state index in [1.54, 1.807) is 36.7 Å². The number of halogens is 3. The van der Waals surface area contributed by atoms with Gasteiger partial charge in [0.25, 0.3) is 5.89 Å². The van der Waals surface area contributed by atoms with E-state index in [2.05, 4.69) is 26.1 Å². The van der Waals surface area contributed by atoms with Crippen molar-refractivity contribution in [1.82, 2.24) is 20.0 Å². The lowest BCUT2D eigenvalue weighted by Crippen LogP contribution is -2.17. The van der Waals surface area contributed by atoms with Crippen molar-refractivity contribution in [2.24, 2.45) is 0 Å². The van der Waals surface area contributed by atoms with Crippen LogP contribution in [0.2, 0.25) is 10.0 Å². The quantitative estimate of drug-likeness (QED) is 0.291. The third kappa shape index (κ3) is 4.73. The van der Waals surface area contributed by atoms with Crippen LogP contribution in [0, 0.1) is 0 Å². The molecule has 0 aliphatic carbocycles. The molecular weight excluding hydrogens is 527 g/mol. The summed E-state index contributed by atoms with van der Waals surface area (Å²) in [5.41, 5.74) is 1.39. The topological polar surface area (TPSA) is 77.0 Å². The van der Waals surface area contributed by atoms with Crippen LogP contribution in [0.5, 0.6) is 0 Å². The van der Waals surface area contributed by atoms with E-state index in [1.807, 2.05) is 45.0 Å². The normalized spacial score (nSPS) is 12.4. The Morgan fingerprint density at radius 3 is 2.18 bits per heavy atom. The van der Waals surface area contributed by atoms with E-state index < -0.39 is 5.60 Å². The van der Waals surface area contributed by atoms with Crippen molar-refractivity contribution < 1.29 is 9.52 Å². The van der Waals surface area contributed by atoms with Gasteiger partial charge in [0.2, 0.25) is 5.89 Å². The molecule has 0 saturated carbocycles. The van der Waals surface area contributed by atoms with Gasteiger partial charge in [-0.05, 0) is 44.2 Å². The van der Waals surface area contributed by atoms with Gasteiger partial charge >= 0.3 is 0 Å². The smallest absolute Gasteiger partial charge is 0.268 e. The number of hydrogen-bond acceptors (Lipinski definition) is 5. The van der Waals surface area contributed by atoms with Crippen molar-refractivity contribution >= 4 is 39.1 Å². The molecule has 172 valence electrons. The zero-order valence-corrected chi connectivity index (χ0v) is 21.9. The minimum absolute atomic E-state index is 0.222. The standard InChI is InChI=1S/C24H23BrCl2N4O2/c1-23(2,3)22-29-28-21(33-22)19-18(24(4,5)32)20(13-6-8-14(25)9-7-13)31(30-19)17-11-10-15(26)12-16(17)27/h6-12,32H,1-5H3. The molecule has 4 rings (SSSR count). The number of benzene rings is 2. The molecule has 2 heterocycles. The minimum atomic E-state index is -1.29. The van der Waals surface area contributed by atoms with Crippen LogP contribution in [0.3, 0.4) is 0 Å². The molecule has 0 aliphatic heterocycles. The van der Waals surface area contributed by atoms with E-state index >= 15 is 0 Å². The number of aliphatic hydroxyl groups is 1. The maximum absolute atomic E-state index is 11.3. The van der Waals surface area contributed by atoms with Crippen molar-refractivity contribution in [3.05, 3.63) is 68.4 Å². The van der Waals surface area contributed by atoms with Gasteiger partial charge in [-0.3, -0.25) is 0 Å². The first-order valence-electron chi connectivity index (χ1n) is 10.3. The van der Waals surface area contributed by atoms with Crippen LogP contribution in [0.4, 0.5) is 0 Å². The van der Waals surface area contributed by atoms with E-state index in [0.717, 1.165) is 10.0 Å². The summed E-state index contributed by atoms with van der Waals surface area (Å²) in [7, 11) is 0. The van der Waals surface area contributed by atoms with Gasteiger partial charge < -0.3 is 9.52 Å². The van der Waals surface area contributed by atoms with Gasteiger partial charge in [0.1, 0.15) is 0 Å². The van der Waals surface area contributed by atoms with E-state index in [-0.39, 0.29) is 11.3 Å². The summed E-state index contributed by atoms with van der Waals surface area (Å²) in [5.74, 6) is 0.697. The molecule has 0 saturated heterocycles. The molecule has 0 unspecified atom stereocenters. The zero-order valence-electron chi connectivity index (χ0n) is 18.8. The third-order valence-corrected chi connectivity index (χ3v) is 6.09. The lowest BCUT2D eigenvalue weighted by Gasteiger charge is -2.20. The lowest BCUT2D eigenvalue weighted by molar-refractivity contribution is 0.0796. The first-order valence-corrected chi connectivity index (χ1v) is 11.8. The number of rotatable bonds is 4. The second kappa shape index (κ2) is 8.55. The second-order valence-corrected chi connectivity index (χ2v) is 11.1. The van der Waals surface area contributed by atoms with Gasteiger partial charge in [-0.25, -0.2) is 4.68 Å². The molecule has 4 aromatic rings. The van der Waals surface area contributed by atoms with E-state index in [0.29, 0.717) is 38.6 Å². The minimum Gasteiger partial charge on any atom is -0.419 e. The molecule has 0 radical (unpaired) electrons. The first-order chi connectivity index (χ1) is 15.4. The maximum atomic E-state index is 11.3. The summed E-state index contributed by atoms with van der Waals surface area (Å²) >= 11 is 16.2. The van der Waals surface area contributed by atoms with Gasteiger partial charge in [-0.2, -0.15) is 5.10 Å². The Bertz CT molecular complexity index is 1320. The molecule has 9 heteroatoms. The molecule has 0 atom stereocenters. The largest absolute Gasteiger partial charge is 0.419 e. The van der Waals surface area contributed by atoms with E-state index in [9.17, 15) is 5.11 Å². The second-order valence-electron chi connectivity index (χ2n) is 9.31. The summed E-state index contributed by atoms with van der Waals surface area (Å²) in [6.07, 6.45) is 0. The number of hydrogen-bond donors (Lipinski definition) is 1. The van der Waals surface area contributed by atoms with Crippen molar-refractivity contribution in [1.29, 1.82) is 0 Å². The third-order valence-electron chi connectivity index (χ3n) is 5.02. The Kier molecular flexibility index (Phi) is 6.20. The summed E-state index contributed by atoms with van der Waals surface area (Å²) in [4.78, 5) is 0. The fourth-order valence-corrected chi connectivity index (χ4v) is 4.22. The van der Waals surface area contributed by atoms with Gasteiger partial charge in [0, 0.05) is 26.0 Å². The Labute approximate surface area is 210 Å². The molecule has 33 heavy (non-hydrogen) atoms. The molecule has 0 fully saturated rings. The van der Waals surface area contributed by atoms with Crippen molar-refractivity contribution in [3.8, 4) is 28.5 Å². The lowest BCUT2D eigenvalue weighted by atomic mass is 9.92. The summed E-state index contributed by atoms with van der Waals surface area (Å²) in [6.45, 7) is 9.36. The van der Waals surface area contributed by atoms with Crippen LogP contribution >= 0.6 is 39.1 Å². The highest BCUT2D eigenvalue weighted by atomic mass is 79.9. The highest BCUT2D eigenvalue weighted by Gasteiger charge is 2.35. The molecule has 2 aromatic heterocycles. The first kappa shape index (κ1) is 24.0. The van der Waals surface area contributed by atoms with E-state index in [1.165, 1.54) is 0 Å². The number of aromatic nitrogens is 4. The average molecular weight is 550 g/mol.